The summed E-state index contributed by atoms with van der Waals surface area (Å²) in [6.45, 7) is 0. The van der Waals surface area contributed by atoms with Crippen molar-refractivity contribution in [3.05, 3.63) is 53.1 Å². The van der Waals surface area contributed by atoms with E-state index in [1.807, 2.05) is 0 Å². The lowest BCUT2D eigenvalue weighted by molar-refractivity contribution is 0.0693. The van der Waals surface area contributed by atoms with E-state index in [4.69, 9.17) is 16.7 Å². The summed E-state index contributed by atoms with van der Waals surface area (Å²) in [5.74, 6) is 2.03. The number of rotatable bonds is 4. The number of carbonyl (C=O) groups is 2. The summed E-state index contributed by atoms with van der Waals surface area (Å²) in [5.41, 5.74) is 4.65. The maximum absolute atomic E-state index is 12.5. The fourth-order valence-electron chi connectivity index (χ4n) is 2.03. The van der Waals surface area contributed by atoms with E-state index in [0.717, 1.165) is 0 Å². The van der Waals surface area contributed by atoms with Crippen LogP contribution in [0.5, 0.6) is 11.5 Å². The van der Waals surface area contributed by atoms with Crippen molar-refractivity contribution in [1.82, 2.24) is 0 Å². The number of anilines is 1. The molecule has 0 unspecified atom stereocenters. The zero-order valence-corrected chi connectivity index (χ0v) is 11.7. The number of ketones is 1. The number of nitrogens with zero attached hydrogens (tertiary/aromatic N) is 1. The first-order valence-corrected chi connectivity index (χ1v) is 6.33. The van der Waals surface area contributed by atoms with Crippen molar-refractivity contribution in [2.75, 3.05) is 5.73 Å². The molecule has 0 saturated carbocycles. The number of phenols is 2. The normalized spacial score (nSPS) is 11.2. The SMILES string of the molecule is NN=C(C(=O)c1ccc(N)cc1O)c1cccc(C(=O)O)c1O. The molecule has 0 aliphatic rings. The van der Waals surface area contributed by atoms with Gasteiger partial charge in [0.25, 0.3) is 0 Å². The van der Waals surface area contributed by atoms with Gasteiger partial charge in [0.15, 0.2) is 0 Å². The smallest absolute Gasteiger partial charge is 0.339 e. The lowest BCUT2D eigenvalue weighted by atomic mass is 9.97. The second-order valence-corrected chi connectivity index (χ2v) is 4.59. The molecule has 0 aliphatic heterocycles. The summed E-state index contributed by atoms with van der Waals surface area (Å²) in [7, 11) is 0. The maximum atomic E-state index is 12.5. The quantitative estimate of drug-likeness (QED) is 0.184. The van der Waals surface area contributed by atoms with E-state index in [1.54, 1.807) is 0 Å². The largest absolute Gasteiger partial charge is 0.507 e. The summed E-state index contributed by atoms with van der Waals surface area (Å²) in [6, 6.07) is 7.64. The third-order valence-corrected chi connectivity index (χ3v) is 3.13. The highest BCUT2D eigenvalue weighted by Gasteiger charge is 2.24. The number of nitrogens with two attached hydrogens (primary N) is 2. The predicted octanol–water partition coefficient (Wildman–Crippen LogP) is 0.924. The molecule has 0 fully saturated rings. The van der Waals surface area contributed by atoms with E-state index in [2.05, 4.69) is 5.10 Å². The maximum Gasteiger partial charge on any atom is 0.339 e. The molecule has 2 aromatic carbocycles. The van der Waals surface area contributed by atoms with Gasteiger partial charge < -0.3 is 26.9 Å². The third kappa shape index (κ3) is 2.91. The fourth-order valence-corrected chi connectivity index (χ4v) is 2.03. The van der Waals surface area contributed by atoms with E-state index in [1.165, 1.54) is 36.4 Å². The summed E-state index contributed by atoms with van der Waals surface area (Å²) < 4.78 is 0. The van der Waals surface area contributed by atoms with E-state index in [0.29, 0.717) is 0 Å². The number of hydrazone groups is 1. The van der Waals surface area contributed by atoms with Crippen LogP contribution in [0.1, 0.15) is 26.3 Å². The Morgan fingerprint density at radius 2 is 1.65 bits per heavy atom. The molecule has 118 valence electrons. The van der Waals surface area contributed by atoms with Gasteiger partial charge in [0.1, 0.15) is 22.8 Å². The van der Waals surface area contributed by atoms with Gasteiger partial charge in [-0.3, -0.25) is 4.79 Å². The van der Waals surface area contributed by atoms with Crippen LogP contribution < -0.4 is 11.6 Å². The molecule has 2 rings (SSSR count). The molecule has 8 heteroatoms. The van der Waals surface area contributed by atoms with Crippen LogP contribution in [-0.2, 0) is 0 Å². The van der Waals surface area contributed by atoms with Crippen molar-refractivity contribution < 1.29 is 24.9 Å². The van der Waals surface area contributed by atoms with E-state index < -0.39 is 28.8 Å². The summed E-state index contributed by atoms with van der Waals surface area (Å²) in [4.78, 5) is 23.5. The summed E-state index contributed by atoms with van der Waals surface area (Å²) >= 11 is 0. The van der Waals surface area contributed by atoms with Crippen molar-refractivity contribution in [3.63, 3.8) is 0 Å². The number of para-hydroxylation sites is 1. The number of aromatic carboxylic acids is 1. The number of carbonyl (C=O) groups excluding carboxylic acids is 1. The van der Waals surface area contributed by atoms with Gasteiger partial charge in [-0.15, -0.1) is 0 Å². The zero-order valence-electron chi connectivity index (χ0n) is 11.7. The monoisotopic (exact) mass is 315 g/mol. The first-order valence-electron chi connectivity index (χ1n) is 6.33. The second kappa shape index (κ2) is 6.06. The Hall–Kier alpha value is -3.55. The number of aromatic hydroxyl groups is 2. The Morgan fingerprint density at radius 1 is 1.00 bits per heavy atom. The lowest BCUT2D eigenvalue weighted by Gasteiger charge is -2.10. The molecule has 0 amide bonds. The van der Waals surface area contributed by atoms with Gasteiger partial charge >= 0.3 is 5.97 Å². The minimum absolute atomic E-state index is 0.136. The predicted molar refractivity (Wildman–Crippen MR) is 82.6 cm³/mol. The molecule has 2 aromatic rings. The first kappa shape index (κ1) is 15.8. The highest BCUT2D eigenvalue weighted by Crippen LogP contribution is 2.27. The molecular weight excluding hydrogens is 302 g/mol. The van der Waals surface area contributed by atoms with Crippen LogP contribution in [0.15, 0.2) is 41.5 Å². The summed E-state index contributed by atoms with van der Waals surface area (Å²) in [6.07, 6.45) is 0. The van der Waals surface area contributed by atoms with Gasteiger partial charge in [0, 0.05) is 17.3 Å². The van der Waals surface area contributed by atoms with Crippen LogP contribution in [0.2, 0.25) is 0 Å². The number of hydrogen-bond donors (Lipinski definition) is 5. The highest BCUT2D eigenvalue weighted by molar-refractivity contribution is 6.52. The van der Waals surface area contributed by atoms with Gasteiger partial charge in [-0.05, 0) is 24.3 Å². The molecule has 7 N–H and O–H groups in total. The van der Waals surface area contributed by atoms with Gasteiger partial charge in [-0.1, -0.05) is 6.07 Å². The van der Waals surface area contributed by atoms with Crippen molar-refractivity contribution >= 4 is 23.2 Å². The topological polar surface area (TPSA) is 159 Å². The third-order valence-electron chi connectivity index (χ3n) is 3.13. The molecule has 8 nitrogen and oxygen atoms in total. The van der Waals surface area contributed by atoms with E-state index >= 15 is 0 Å². The molecule has 0 aliphatic carbocycles. The molecule has 0 heterocycles. The van der Waals surface area contributed by atoms with Gasteiger partial charge in [0.05, 0.1) is 5.56 Å². The average molecular weight is 315 g/mol. The average Bonchev–Trinajstić information content (AvgIpc) is 2.49. The van der Waals surface area contributed by atoms with Crippen LogP contribution in [0, 0.1) is 0 Å². The van der Waals surface area contributed by atoms with Crippen LogP contribution >= 0.6 is 0 Å². The fraction of sp³-hybridized carbons (Fsp3) is 0. The highest BCUT2D eigenvalue weighted by atomic mass is 16.4. The van der Waals surface area contributed by atoms with Crippen molar-refractivity contribution in [2.45, 2.75) is 0 Å². The molecular formula is C15H13N3O5. The Labute approximate surface area is 130 Å². The molecule has 0 bridgehead atoms. The molecule has 0 radical (unpaired) electrons. The van der Waals surface area contributed by atoms with Crippen LogP contribution in [-0.4, -0.2) is 32.8 Å². The van der Waals surface area contributed by atoms with Crippen molar-refractivity contribution in [2.24, 2.45) is 10.9 Å². The van der Waals surface area contributed by atoms with Crippen LogP contribution in [0.4, 0.5) is 5.69 Å². The van der Waals surface area contributed by atoms with Crippen molar-refractivity contribution in [1.29, 1.82) is 0 Å². The number of Topliss-reactive ketones (excluding diaryl/α,β-unsaturated/α-hetero) is 1. The Kier molecular flexibility index (Phi) is 4.17. The zero-order chi connectivity index (χ0) is 17.1. The van der Waals surface area contributed by atoms with Crippen molar-refractivity contribution in [3.8, 4) is 11.5 Å². The molecule has 0 aromatic heterocycles. The van der Waals surface area contributed by atoms with Crippen LogP contribution in [0.25, 0.3) is 0 Å². The molecule has 0 spiro atoms. The van der Waals surface area contributed by atoms with E-state index in [-0.39, 0.29) is 22.6 Å². The second-order valence-electron chi connectivity index (χ2n) is 4.59. The molecule has 0 saturated heterocycles. The Morgan fingerprint density at radius 3 is 2.22 bits per heavy atom. The first-order chi connectivity index (χ1) is 10.9. The van der Waals surface area contributed by atoms with Crippen LogP contribution in [0.3, 0.4) is 0 Å². The number of nitrogen functional groups attached to an aromatic ring is 1. The van der Waals surface area contributed by atoms with Gasteiger partial charge in [-0.2, -0.15) is 5.10 Å². The minimum atomic E-state index is -1.37. The Bertz CT molecular complexity index is 830. The van der Waals surface area contributed by atoms with E-state index in [9.17, 15) is 19.8 Å². The minimum Gasteiger partial charge on any atom is -0.507 e. The summed E-state index contributed by atoms with van der Waals surface area (Å²) in [5, 5.41) is 32.2. The number of benzene rings is 2. The lowest BCUT2D eigenvalue weighted by Crippen LogP contribution is -2.19. The number of carboxylic acid groups (broad SMARTS) is 1. The number of carboxylic acids is 1. The number of phenolic OH excluding ortho intramolecular Hbond substituents is 1. The van der Waals surface area contributed by atoms with Gasteiger partial charge in [-0.25, -0.2) is 4.79 Å². The van der Waals surface area contributed by atoms with Gasteiger partial charge in [0.2, 0.25) is 5.78 Å². The number of hydrogen-bond acceptors (Lipinski definition) is 7. The molecule has 0 atom stereocenters. The standard InChI is InChI=1S/C15H13N3O5/c16-7-4-5-8(11(19)6-7)14(21)12(18-17)9-2-1-3-10(13(9)20)15(22)23/h1-6,19-20H,16-17H2,(H,22,23). The Balaban J connectivity index is 2.55. The molecule has 23 heavy (non-hydrogen) atoms.